The van der Waals surface area contributed by atoms with Gasteiger partial charge in [-0.25, -0.2) is 5.43 Å². The molecule has 0 aliphatic rings. The van der Waals surface area contributed by atoms with E-state index in [4.69, 9.17) is 0 Å². The monoisotopic (exact) mass is 366 g/mol. The molecule has 0 saturated carbocycles. The molecule has 4 aromatic rings. The van der Waals surface area contributed by atoms with E-state index in [-0.39, 0.29) is 5.91 Å². The number of amides is 1. The average Bonchev–Trinajstić information content (AvgIpc) is 2.69. The molecule has 3 nitrogen and oxygen atoms in total. The summed E-state index contributed by atoms with van der Waals surface area (Å²) in [6.07, 6.45) is 2.07. The second-order valence-electron chi connectivity index (χ2n) is 7.13. The van der Waals surface area contributed by atoms with Crippen LogP contribution in [0.15, 0.2) is 77.9 Å². The second-order valence-corrected chi connectivity index (χ2v) is 7.13. The Morgan fingerprint density at radius 1 is 0.893 bits per heavy atom. The minimum absolute atomic E-state index is 0.118. The van der Waals surface area contributed by atoms with Crippen LogP contribution in [-0.2, 0) is 11.2 Å². The quantitative estimate of drug-likeness (QED) is 0.297. The van der Waals surface area contributed by atoms with Crippen molar-refractivity contribution in [3.05, 3.63) is 95.1 Å². The van der Waals surface area contributed by atoms with Gasteiger partial charge in [-0.2, -0.15) is 5.10 Å². The summed E-state index contributed by atoms with van der Waals surface area (Å²) < 4.78 is 0. The minimum Gasteiger partial charge on any atom is -0.273 e. The van der Waals surface area contributed by atoms with Crippen molar-refractivity contribution in [2.45, 2.75) is 20.3 Å². The van der Waals surface area contributed by atoms with Crippen LogP contribution >= 0.6 is 0 Å². The van der Waals surface area contributed by atoms with Crippen molar-refractivity contribution >= 4 is 33.7 Å². The van der Waals surface area contributed by atoms with Gasteiger partial charge in [-0.05, 0) is 52.6 Å². The fourth-order valence-electron chi connectivity index (χ4n) is 3.61. The lowest BCUT2D eigenvalue weighted by atomic mass is 9.97. The molecular weight excluding hydrogens is 344 g/mol. The number of nitrogens with one attached hydrogen (secondary N) is 1. The van der Waals surface area contributed by atoms with E-state index in [9.17, 15) is 4.79 Å². The summed E-state index contributed by atoms with van der Waals surface area (Å²) in [4.78, 5) is 12.3. The molecule has 4 aromatic carbocycles. The highest BCUT2D eigenvalue weighted by Gasteiger charge is 2.07. The summed E-state index contributed by atoms with van der Waals surface area (Å²) >= 11 is 0. The Hall–Kier alpha value is -3.46. The number of benzene rings is 4. The molecule has 3 heteroatoms. The lowest BCUT2D eigenvalue weighted by Gasteiger charge is -2.08. The Kier molecular flexibility index (Phi) is 4.90. The molecule has 0 bridgehead atoms. The number of hydrogen-bond acceptors (Lipinski definition) is 2. The Bertz CT molecular complexity index is 1150. The van der Waals surface area contributed by atoms with Crippen molar-refractivity contribution < 1.29 is 4.79 Å². The highest BCUT2D eigenvalue weighted by atomic mass is 16.2. The molecule has 0 unspecified atom stereocenters. The van der Waals surface area contributed by atoms with Crippen LogP contribution in [0, 0.1) is 13.8 Å². The minimum atomic E-state index is -0.118. The summed E-state index contributed by atoms with van der Waals surface area (Å²) in [5.74, 6) is -0.118. The standard InChI is InChI=1S/C25H22N2O/c1-17-11-12-19(18(2)13-17)15-25(28)27-26-16-24-22-9-5-3-7-20(22)14-21-8-4-6-10-23(21)24/h3-14,16H,15H2,1-2H3,(H,27,28)/b26-16-. The summed E-state index contributed by atoms with van der Waals surface area (Å²) in [6.45, 7) is 4.08. The predicted molar refractivity (Wildman–Crippen MR) is 117 cm³/mol. The van der Waals surface area contributed by atoms with Gasteiger partial charge in [-0.15, -0.1) is 0 Å². The van der Waals surface area contributed by atoms with Gasteiger partial charge >= 0.3 is 0 Å². The van der Waals surface area contributed by atoms with Crippen LogP contribution in [0.2, 0.25) is 0 Å². The van der Waals surface area contributed by atoms with E-state index in [2.05, 4.69) is 53.8 Å². The fourth-order valence-corrected chi connectivity index (χ4v) is 3.61. The Morgan fingerprint density at radius 3 is 2.18 bits per heavy atom. The maximum Gasteiger partial charge on any atom is 0.244 e. The highest BCUT2D eigenvalue weighted by Crippen LogP contribution is 2.27. The molecule has 28 heavy (non-hydrogen) atoms. The lowest BCUT2D eigenvalue weighted by molar-refractivity contribution is -0.120. The maximum atomic E-state index is 12.3. The molecule has 0 aromatic heterocycles. The Morgan fingerprint density at radius 2 is 1.54 bits per heavy atom. The van der Waals surface area contributed by atoms with Crippen LogP contribution < -0.4 is 5.43 Å². The molecule has 0 aliphatic carbocycles. The second kappa shape index (κ2) is 7.65. The summed E-state index contributed by atoms with van der Waals surface area (Å²) in [5.41, 5.74) is 7.04. The molecule has 0 atom stereocenters. The zero-order valence-corrected chi connectivity index (χ0v) is 16.1. The van der Waals surface area contributed by atoms with Crippen LogP contribution in [0.4, 0.5) is 0 Å². The molecule has 0 fully saturated rings. The Labute approximate surface area is 164 Å². The normalized spacial score (nSPS) is 11.4. The molecule has 4 rings (SSSR count). The van der Waals surface area contributed by atoms with Gasteiger partial charge in [0.05, 0.1) is 12.6 Å². The van der Waals surface area contributed by atoms with Gasteiger partial charge in [-0.3, -0.25) is 4.79 Å². The van der Waals surface area contributed by atoms with Gasteiger partial charge in [0.15, 0.2) is 0 Å². The smallest absolute Gasteiger partial charge is 0.244 e. The van der Waals surface area contributed by atoms with Gasteiger partial charge in [0, 0.05) is 5.56 Å². The van der Waals surface area contributed by atoms with Crippen LogP contribution in [-0.4, -0.2) is 12.1 Å². The van der Waals surface area contributed by atoms with E-state index >= 15 is 0 Å². The molecule has 0 saturated heterocycles. The molecule has 0 aliphatic heterocycles. The molecule has 1 amide bonds. The number of carbonyl (C=O) groups is 1. The average molecular weight is 366 g/mol. The van der Waals surface area contributed by atoms with Crippen molar-refractivity contribution in [2.75, 3.05) is 0 Å². The Balaban J connectivity index is 1.60. The van der Waals surface area contributed by atoms with E-state index < -0.39 is 0 Å². The third-order valence-corrected chi connectivity index (χ3v) is 5.04. The van der Waals surface area contributed by atoms with Crippen LogP contribution in [0.3, 0.4) is 0 Å². The fraction of sp³-hybridized carbons (Fsp3) is 0.120. The van der Waals surface area contributed by atoms with E-state index in [1.807, 2.05) is 43.3 Å². The largest absolute Gasteiger partial charge is 0.273 e. The summed E-state index contributed by atoms with van der Waals surface area (Å²) in [6, 6.07) is 24.8. The molecule has 0 spiro atoms. The van der Waals surface area contributed by atoms with Gasteiger partial charge in [0.25, 0.3) is 0 Å². The van der Waals surface area contributed by atoms with E-state index in [0.29, 0.717) is 6.42 Å². The van der Waals surface area contributed by atoms with E-state index in [0.717, 1.165) is 38.2 Å². The van der Waals surface area contributed by atoms with Crippen LogP contribution in [0.25, 0.3) is 21.5 Å². The van der Waals surface area contributed by atoms with Gasteiger partial charge < -0.3 is 0 Å². The summed E-state index contributed by atoms with van der Waals surface area (Å²) in [5, 5.41) is 8.81. The lowest BCUT2D eigenvalue weighted by Crippen LogP contribution is -2.20. The number of hydrazone groups is 1. The third kappa shape index (κ3) is 3.65. The first-order chi connectivity index (χ1) is 13.6. The topological polar surface area (TPSA) is 41.5 Å². The number of nitrogens with zero attached hydrogens (tertiary/aromatic N) is 1. The number of aryl methyl sites for hydroxylation is 2. The zero-order valence-electron chi connectivity index (χ0n) is 16.1. The van der Waals surface area contributed by atoms with Crippen LogP contribution in [0.5, 0.6) is 0 Å². The van der Waals surface area contributed by atoms with Gasteiger partial charge in [-0.1, -0.05) is 72.3 Å². The maximum absolute atomic E-state index is 12.3. The van der Waals surface area contributed by atoms with Crippen molar-refractivity contribution in [3.63, 3.8) is 0 Å². The zero-order chi connectivity index (χ0) is 19.5. The first-order valence-electron chi connectivity index (χ1n) is 9.40. The predicted octanol–water partition coefficient (Wildman–Crippen LogP) is 5.30. The molecule has 138 valence electrons. The third-order valence-electron chi connectivity index (χ3n) is 5.04. The van der Waals surface area contributed by atoms with Crippen molar-refractivity contribution in [3.8, 4) is 0 Å². The first-order valence-corrected chi connectivity index (χ1v) is 9.40. The number of rotatable bonds is 4. The number of fused-ring (bicyclic) bond motifs is 2. The number of carbonyl (C=O) groups excluding carboxylic acids is 1. The number of hydrogen-bond donors (Lipinski definition) is 1. The SMILES string of the molecule is Cc1ccc(CC(=O)N/N=C\c2c3ccccc3cc3ccccc23)c(C)c1. The molecule has 0 heterocycles. The van der Waals surface area contributed by atoms with Gasteiger partial charge in [0.2, 0.25) is 5.91 Å². The van der Waals surface area contributed by atoms with Crippen LogP contribution in [0.1, 0.15) is 22.3 Å². The molecule has 1 N–H and O–H groups in total. The van der Waals surface area contributed by atoms with E-state index in [1.54, 1.807) is 6.21 Å². The van der Waals surface area contributed by atoms with Crippen molar-refractivity contribution in [1.82, 2.24) is 5.43 Å². The van der Waals surface area contributed by atoms with E-state index in [1.165, 1.54) is 5.56 Å². The molecule has 0 radical (unpaired) electrons. The summed E-state index contributed by atoms with van der Waals surface area (Å²) in [7, 11) is 0. The molecular formula is C25H22N2O. The van der Waals surface area contributed by atoms with Crippen molar-refractivity contribution in [2.24, 2.45) is 5.10 Å². The van der Waals surface area contributed by atoms with Crippen molar-refractivity contribution in [1.29, 1.82) is 0 Å². The first kappa shape index (κ1) is 17.9. The van der Waals surface area contributed by atoms with Gasteiger partial charge in [0.1, 0.15) is 0 Å². The highest BCUT2D eigenvalue weighted by molar-refractivity contribution is 6.13.